The van der Waals surface area contributed by atoms with Gasteiger partial charge >= 0.3 is 0 Å². The molecule has 4 heteroatoms. The molecule has 2 aliphatic rings. The molecule has 100 valence electrons. The molecule has 2 N–H and O–H groups in total. The average molecular weight is 258 g/mol. The first-order valence-corrected chi connectivity index (χ1v) is 6.96. The van der Waals surface area contributed by atoms with Crippen LogP contribution in [0, 0.1) is 0 Å². The summed E-state index contributed by atoms with van der Waals surface area (Å²) >= 11 is 0. The Hall–Kier alpha value is -1.84. The maximum absolute atomic E-state index is 12.2. The van der Waals surface area contributed by atoms with E-state index in [0.717, 1.165) is 24.1 Å². The van der Waals surface area contributed by atoms with Gasteiger partial charge in [-0.15, -0.1) is 0 Å². The molecule has 3 rings (SSSR count). The second kappa shape index (κ2) is 5.03. The average Bonchev–Trinajstić information content (AvgIpc) is 2.78. The topological polar surface area (TPSA) is 58.2 Å². The maximum atomic E-state index is 12.2. The first kappa shape index (κ1) is 12.2. The molecule has 4 nitrogen and oxygen atoms in total. The van der Waals surface area contributed by atoms with Gasteiger partial charge in [0.2, 0.25) is 5.91 Å². The lowest BCUT2D eigenvalue weighted by Crippen LogP contribution is -2.36. The van der Waals surface area contributed by atoms with Crippen molar-refractivity contribution in [2.45, 2.75) is 44.6 Å². The number of benzene rings is 1. The largest absolute Gasteiger partial charge is 0.349 e. The highest BCUT2D eigenvalue weighted by atomic mass is 16.2. The molecule has 0 bridgehead atoms. The highest BCUT2D eigenvalue weighted by Gasteiger charge is 2.21. The molecule has 0 radical (unpaired) electrons. The summed E-state index contributed by atoms with van der Waals surface area (Å²) in [6.45, 7) is 0. The van der Waals surface area contributed by atoms with E-state index in [-0.39, 0.29) is 11.8 Å². The molecule has 0 unspecified atom stereocenters. The number of anilines is 1. The summed E-state index contributed by atoms with van der Waals surface area (Å²) in [5.74, 6) is -0.0195. The summed E-state index contributed by atoms with van der Waals surface area (Å²) in [7, 11) is 0. The number of amides is 2. The Kier molecular flexibility index (Phi) is 3.23. The molecule has 1 aliphatic heterocycles. The van der Waals surface area contributed by atoms with Gasteiger partial charge in [0.1, 0.15) is 0 Å². The molecule has 1 aromatic carbocycles. The molecule has 0 spiro atoms. The number of rotatable bonds is 2. The number of fused-ring (bicyclic) bond motifs is 1. The zero-order valence-corrected chi connectivity index (χ0v) is 10.9. The summed E-state index contributed by atoms with van der Waals surface area (Å²) < 4.78 is 0. The van der Waals surface area contributed by atoms with E-state index in [0.29, 0.717) is 18.0 Å². The van der Waals surface area contributed by atoms with Gasteiger partial charge in [0, 0.05) is 17.3 Å². The van der Waals surface area contributed by atoms with Crippen LogP contribution in [0.15, 0.2) is 18.2 Å². The van der Waals surface area contributed by atoms with Gasteiger partial charge in [-0.2, -0.15) is 0 Å². The fourth-order valence-corrected chi connectivity index (χ4v) is 2.89. The van der Waals surface area contributed by atoms with Crippen LogP contribution in [0.2, 0.25) is 0 Å². The zero-order valence-electron chi connectivity index (χ0n) is 10.9. The molecule has 1 aliphatic carbocycles. The number of carbonyl (C=O) groups excluding carboxylic acids is 2. The first-order chi connectivity index (χ1) is 9.22. The minimum Gasteiger partial charge on any atom is -0.349 e. The van der Waals surface area contributed by atoms with E-state index in [9.17, 15) is 9.59 Å². The van der Waals surface area contributed by atoms with Crippen molar-refractivity contribution in [1.29, 1.82) is 0 Å². The highest BCUT2D eigenvalue weighted by Crippen LogP contribution is 2.24. The molecule has 1 aromatic rings. The minimum absolute atomic E-state index is 0.000149. The van der Waals surface area contributed by atoms with Gasteiger partial charge in [0.15, 0.2) is 0 Å². The molecule has 0 atom stereocenters. The third-order valence-electron chi connectivity index (χ3n) is 3.93. The van der Waals surface area contributed by atoms with Gasteiger partial charge in [0.05, 0.1) is 6.42 Å². The summed E-state index contributed by atoms with van der Waals surface area (Å²) in [6.07, 6.45) is 6.22. The van der Waals surface area contributed by atoms with E-state index in [1.165, 1.54) is 19.3 Å². The fraction of sp³-hybridized carbons (Fsp3) is 0.467. The maximum Gasteiger partial charge on any atom is 0.251 e. The lowest BCUT2D eigenvalue weighted by Gasteiger charge is -2.22. The molecule has 19 heavy (non-hydrogen) atoms. The second-order valence-electron chi connectivity index (χ2n) is 5.41. The van der Waals surface area contributed by atoms with Crippen LogP contribution in [0.3, 0.4) is 0 Å². The van der Waals surface area contributed by atoms with Gasteiger partial charge in [-0.05, 0) is 36.6 Å². The number of hydrogen-bond donors (Lipinski definition) is 2. The standard InChI is InChI=1S/C15H18N2O2/c18-14-9-11-8-10(6-7-13(11)17-14)15(19)16-12-4-2-1-3-5-12/h6-8,12H,1-5,9H2,(H,16,19)(H,17,18). The summed E-state index contributed by atoms with van der Waals surface area (Å²) in [5, 5.41) is 5.87. The van der Waals surface area contributed by atoms with E-state index in [1.807, 2.05) is 12.1 Å². The number of carbonyl (C=O) groups is 2. The van der Waals surface area contributed by atoms with Gasteiger partial charge in [-0.25, -0.2) is 0 Å². The SMILES string of the molecule is O=C1Cc2cc(C(=O)NC3CCCCC3)ccc2N1. The van der Waals surface area contributed by atoms with Gasteiger partial charge < -0.3 is 10.6 Å². The van der Waals surface area contributed by atoms with Crippen LogP contribution in [0.4, 0.5) is 5.69 Å². The number of hydrogen-bond acceptors (Lipinski definition) is 2. The molecular formula is C15H18N2O2. The predicted octanol–water partition coefficient (Wildman–Crippen LogP) is 2.24. The van der Waals surface area contributed by atoms with Crippen LogP contribution in [-0.2, 0) is 11.2 Å². The Bertz CT molecular complexity index is 519. The van der Waals surface area contributed by atoms with Gasteiger partial charge in [0.25, 0.3) is 5.91 Å². The molecule has 0 aromatic heterocycles. The second-order valence-corrected chi connectivity index (χ2v) is 5.41. The van der Waals surface area contributed by atoms with E-state index in [4.69, 9.17) is 0 Å². The lowest BCUT2D eigenvalue weighted by molar-refractivity contribution is -0.115. The summed E-state index contributed by atoms with van der Waals surface area (Å²) in [6, 6.07) is 5.73. The van der Waals surface area contributed by atoms with Crippen LogP contribution in [-0.4, -0.2) is 17.9 Å². The summed E-state index contributed by atoms with van der Waals surface area (Å²) in [5.41, 5.74) is 2.40. The highest BCUT2D eigenvalue weighted by molar-refractivity contribution is 6.01. The van der Waals surface area contributed by atoms with E-state index in [1.54, 1.807) is 6.07 Å². The van der Waals surface area contributed by atoms with E-state index in [2.05, 4.69) is 10.6 Å². The van der Waals surface area contributed by atoms with Crippen molar-refractivity contribution in [3.63, 3.8) is 0 Å². The molecule has 1 heterocycles. The minimum atomic E-state index is -0.0194. The normalized spacial score (nSPS) is 18.8. The first-order valence-electron chi connectivity index (χ1n) is 6.96. The molecular weight excluding hydrogens is 240 g/mol. The monoisotopic (exact) mass is 258 g/mol. The van der Waals surface area contributed by atoms with Crippen LogP contribution in [0.5, 0.6) is 0 Å². The molecule has 0 saturated heterocycles. The molecule has 1 saturated carbocycles. The Morgan fingerprint density at radius 1 is 1.21 bits per heavy atom. The Morgan fingerprint density at radius 3 is 2.79 bits per heavy atom. The van der Waals surface area contributed by atoms with E-state index >= 15 is 0 Å². The smallest absolute Gasteiger partial charge is 0.251 e. The van der Waals surface area contributed by atoms with E-state index < -0.39 is 0 Å². The van der Waals surface area contributed by atoms with Crippen molar-refractivity contribution in [1.82, 2.24) is 5.32 Å². The number of nitrogens with one attached hydrogen (secondary N) is 2. The third-order valence-corrected chi connectivity index (χ3v) is 3.93. The Balaban J connectivity index is 1.70. The zero-order chi connectivity index (χ0) is 13.2. The quantitative estimate of drug-likeness (QED) is 0.854. The fourth-order valence-electron chi connectivity index (χ4n) is 2.89. The molecule has 2 amide bonds. The summed E-state index contributed by atoms with van der Waals surface area (Å²) in [4.78, 5) is 23.5. The van der Waals surface area contributed by atoms with Crippen molar-refractivity contribution >= 4 is 17.5 Å². The third kappa shape index (κ3) is 2.62. The van der Waals surface area contributed by atoms with Crippen LogP contribution >= 0.6 is 0 Å². The predicted molar refractivity (Wildman–Crippen MR) is 73.1 cm³/mol. The van der Waals surface area contributed by atoms with Crippen molar-refractivity contribution in [2.75, 3.05) is 5.32 Å². The van der Waals surface area contributed by atoms with Crippen molar-refractivity contribution < 1.29 is 9.59 Å². The molecule has 1 fully saturated rings. The van der Waals surface area contributed by atoms with Crippen LogP contribution < -0.4 is 10.6 Å². The lowest BCUT2D eigenvalue weighted by atomic mass is 9.95. The van der Waals surface area contributed by atoms with Crippen LogP contribution in [0.1, 0.15) is 48.0 Å². The van der Waals surface area contributed by atoms with Gasteiger partial charge in [-0.1, -0.05) is 19.3 Å². The van der Waals surface area contributed by atoms with Gasteiger partial charge in [-0.3, -0.25) is 9.59 Å². The van der Waals surface area contributed by atoms with Crippen molar-refractivity contribution in [3.8, 4) is 0 Å². The van der Waals surface area contributed by atoms with Crippen molar-refractivity contribution in [3.05, 3.63) is 29.3 Å². The Labute approximate surface area is 112 Å². The van der Waals surface area contributed by atoms with Crippen LogP contribution in [0.25, 0.3) is 0 Å². The Morgan fingerprint density at radius 2 is 2.00 bits per heavy atom. The van der Waals surface area contributed by atoms with Crippen molar-refractivity contribution in [2.24, 2.45) is 0 Å².